The Balaban J connectivity index is 2.42. The van der Waals surface area contributed by atoms with Gasteiger partial charge in [-0.15, -0.1) is 5.10 Å². The van der Waals surface area contributed by atoms with E-state index in [4.69, 9.17) is 0 Å². The predicted octanol–water partition coefficient (Wildman–Crippen LogP) is 1.14. The summed E-state index contributed by atoms with van der Waals surface area (Å²) in [6.45, 7) is 3.71. The first-order chi connectivity index (χ1) is 7.42. The molecule has 1 aromatic rings. The fourth-order valence-electron chi connectivity index (χ4n) is 1.30. The van der Waals surface area contributed by atoms with Gasteiger partial charge in [-0.05, 0) is 29.8 Å². The van der Waals surface area contributed by atoms with Crippen molar-refractivity contribution in [3.8, 4) is 0 Å². The highest BCUT2D eigenvalue weighted by Gasteiger charge is 2.38. The number of carbonyl (C=O) groups is 1. The van der Waals surface area contributed by atoms with Crippen LogP contribution in [-0.2, 0) is 4.79 Å². The van der Waals surface area contributed by atoms with Gasteiger partial charge in [-0.25, -0.2) is 9.99 Å². The molecule has 86 valence electrons. The lowest BCUT2D eigenvalue weighted by atomic mass is 10.2. The maximum absolute atomic E-state index is 11.8. The molecule has 0 N–H and O–H groups in total. The van der Waals surface area contributed by atoms with E-state index in [1.807, 2.05) is 13.8 Å². The number of rotatable bonds is 0. The van der Waals surface area contributed by atoms with E-state index in [0.29, 0.717) is 9.90 Å². The minimum atomic E-state index is -0.544. The normalized spacial score (nSPS) is 19.9. The summed E-state index contributed by atoms with van der Waals surface area (Å²) in [5.74, 6) is -0.0301. The summed E-state index contributed by atoms with van der Waals surface area (Å²) < 4.78 is 1.57. The lowest BCUT2D eigenvalue weighted by molar-refractivity contribution is -0.131. The summed E-state index contributed by atoms with van der Waals surface area (Å²) in [5.41, 5.74) is 0. The molecule has 0 spiro atoms. The molecule has 0 unspecified atom stereocenters. The number of hydrazone groups is 1. The minimum absolute atomic E-state index is 0.0301. The van der Waals surface area contributed by atoms with E-state index in [0.717, 1.165) is 0 Å². The van der Waals surface area contributed by atoms with Crippen molar-refractivity contribution in [1.82, 2.24) is 19.8 Å². The molecule has 1 amide bonds. The second-order valence-electron chi connectivity index (χ2n) is 3.76. The molecule has 0 radical (unpaired) electrons. The Labute approximate surface area is 105 Å². The molecule has 2 rings (SSSR count). The largest absolute Gasteiger partial charge is 0.271 e. The number of nitrogens with zero attached hydrogens (tertiary/aromatic N) is 5. The standard InChI is InChI=1S/C8H10BrN5OS/c1-8(2)5(15)13(3)12-7(16-8)14-6(9)10-4-11-14/h4H,1-3H3. The number of aromatic nitrogens is 3. The van der Waals surface area contributed by atoms with Crippen LogP contribution in [0.1, 0.15) is 13.8 Å². The number of amides is 1. The lowest BCUT2D eigenvalue weighted by Crippen LogP contribution is -2.44. The molecule has 0 aliphatic carbocycles. The average Bonchev–Trinajstić information content (AvgIpc) is 2.60. The van der Waals surface area contributed by atoms with Gasteiger partial charge in [0.2, 0.25) is 9.90 Å². The van der Waals surface area contributed by atoms with Crippen molar-refractivity contribution in [2.75, 3.05) is 7.05 Å². The van der Waals surface area contributed by atoms with Crippen LogP contribution in [0.3, 0.4) is 0 Å². The molecule has 8 heteroatoms. The van der Waals surface area contributed by atoms with Crippen LogP contribution in [0.4, 0.5) is 0 Å². The van der Waals surface area contributed by atoms with Gasteiger partial charge in [0.1, 0.15) is 6.33 Å². The molecule has 0 fully saturated rings. The summed E-state index contributed by atoms with van der Waals surface area (Å²) in [6, 6.07) is 0. The van der Waals surface area contributed by atoms with Gasteiger partial charge in [0.05, 0.1) is 4.75 Å². The van der Waals surface area contributed by atoms with Crippen molar-refractivity contribution in [3.05, 3.63) is 11.1 Å². The van der Waals surface area contributed by atoms with Crippen LogP contribution in [0.2, 0.25) is 0 Å². The quantitative estimate of drug-likeness (QED) is 0.721. The SMILES string of the molecule is CN1N=C(n2ncnc2Br)SC(C)(C)C1=O. The Hall–Kier alpha value is -0.890. The van der Waals surface area contributed by atoms with Crippen LogP contribution < -0.4 is 0 Å². The van der Waals surface area contributed by atoms with Gasteiger partial charge >= 0.3 is 0 Å². The third-order valence-corrected chi connectivity index (χ3v) is 3.74. The second kappa shape index (κ2) is 3.85. The van der Waals surface area contributed by atoms with Crippen LogP contribution in [0.5, 0.6) is 0 Å². The smallest absolute Gasteiger partial charge is 0.258 e. The minimum Gasteiger partial charge on any atom is -0.271 e. The van der Waals surface area contributed by atoms with E-state index in [1.54, 1.807) is 11.7 Å². The molecule has 1 aromatic heterocycles. The first kappa shape index (κ1) is 11.6. The number of thioether (sulfide) groups is 1. The molecule has 0 saturated heterocycles. The Bertz CT molecular complexity index is 469. The zero-order valence-corrected chi connectivity index (χ0v) is 11.4. The van der Waals surface area contributed by atoms with Crippen molar-refractivity contribution >= 4 is 38.8 Å². The molecule has 0 aromatic carbocycles. The Morgan fingerprint density at radius 2 is 2.19 bits per heavy atom. The molecule has 6 nitrogen and oxygen atoms in total. The molecule has 0 atom stereocenters. The zero-order valence-electron chi connectivity index (χ0n) is 9.01. The first-order valence-corrected chi connectivity index (χ1v) is 6.14. The van der Waals surface area contributed by atoms with Crippen LogP contribution in [0, 0.1) is 0 Å². The summed E-state index contributed by atoms with van der Waals surface area (Å²) in [6.07, 6.45) is 1.43. The Morgan fingerprint density at radius 3 is 2.69 bits per heavy atom. The molecule has 0 saturated carbocycles. The second-order valence-corrected chi connectivity index (χ2v) is 6.06. The summed E-state index contributed by atoms with van der Waals surface area (Å²) in [7, 11) is 1.63. The summed E-state index contributed by atoms with van der Waals surface area (Å²) in [4.78, 5) is 15.7. The van der Waals surface area contributed by atoms with Crippen molar-refractivity contribution in [2.24, 2.45) is 5.10 Å². The van der Waals surface area contributed by atoms with E-state index in [1.165, 1.54) is 23.1 Å². The molecule has 2 heterocycles. The number of hydrogen-bond donors (Lipinski definition) is 0. The molecule has 1 aliphatic heterocycles. The first-order valence-electron chi connectivity index (χ1n) is 4.53. The average molecular weight is 304 g/mol. The van der Waals surface area contributed by atoms with Crippen LogP contribution in [0.25, 0.3) is 0 Å². The maximum Gasteiger partial charge on any atom is 0.258 e. The van der Waals surface area contributed by atoms with Gasteiger partial charge in [0, 0.05) is 7.05 Å². The number of halogens is 1. The van der Waals surface area contributed by atoms with E-state index in [2.05, 4.69) is 31.1 Å². The van der Waals surface area contributed by atoms with Crippen LogP contribution >= 0.6 is 27.7 Å². The molecule has 0 bridgehead atoms. The van der Waals surface area contributed by atoms with Crippen LogP contribution in [-0.4, -0.2) is 42.6 Å². The summed E-state index contributed by atoms with van der Waals surface area (Å²) >= 11 is 4.63. The van der Waals surface area contributed by atoms with E-state index >= 15 is 0 Å². The topological polar surface area (TPSA) is 63.4 Å². The highest BCUT2D eigenvalue weighted by Crippen LogP contribution is 2.32. The Kier molecular flexibility index (Phi) is 2.79. The van der Waals surface area contributed by atoms with Crippen molar-refractivity contribution in [1.29, 1.82) is 0 Å². The maximum atomic E-state index is 11.8. The summed E-state index contributed by atoms with van der Waals surface area (Å²) in [5, 5.41) is 10.1. The van der Waals surface area contributed by atoms with Gasteiger partial charge in [0.15, 0.2) is 0 Å². The van der Waals surface area contributed by atoms with Gasteiger partial charge in [-0.1, -0.05) is 11.8 Å². The monoisotopic (exact) mass is 303 g/mol. The molecular formula is C8H10BrN5OS. The van der Waals surface area contributed by atoms with E-state index in [-0.39, 0.29) is 5.91 Å². The molecular weight excluding hydrogens is 294 g/mol. The third-order valence-electron chi connectivity index (χ3n) is 2.08. The van der Waals surface area contributed by atoms with Gasteiger partial charge in [-0.2, -0.15) is 9.78 Å². The van der Waals surface area contributed by atoms with Crippen LogP contribution in [0.15, 0.2) is 16.2 Å². The lowest BCUT2D eigenvalue weighted by Gasteiger charge is -2.31. The van der Waals surface area contributed by atoms with Gasteiger partial charge < -0.3 is 0 Å². The fraction of sp³-hybridized carbons (Fsp3) is 0.500. The number of hydrogen-bond acceptors (Lipinski definition) is 5. The van der Waals surface area contributed by atoms with Crippen molar-refractivity contribution in [3.63, 3.8) is 0 Å². The van der Waals surface area contributed by atoms with E-state index in [9.17, 15) is 4.79 Å². The highest BCUT2D eigenvalue weighted by atomic mass is 79.9. The van der Waals surface area contributed by atoms with Crippen molar-refractivity contribution < 1.29 is 4.79 Å². The van der Waals surface area contributed by atoms with E-state index < -0.39 is 4.75 Å². The van der Waals surface area contributed by atoms with Crippen molar-refractivity contribution in [2.45, 2.75) is 18.6 Å². The fourth-order valence-corrected chi connectivity index (χ4v) is 2.82. The van der Waals surface area contributed by atoms with Gasteiger partial charge in [0.25, 0.3) is 5.91 Å². The third kappa shape index (κ3) is 1.86. The molecule has 1 aliphatic rings. The Morgan fingerprint density at radius 1 is 1.50 bits per heavy atom. The predicted molar refractivity (Wildman–Crippen MR) is 65.0 cm³/mol. The number of carbonyl (C=O) groups excluding carboxylic acids is 1. The highest BCUT2D eigenvalue weighted by molar-refractivity contribution is 9.10. The molecule has 16 heavy (non-hydrogen) atoms. The van der Waals surface area contributed by atoms with Gasteiger partial charge in [-0.3, -0.25) is 4.79 Å². The zero-order chi connectivity index (χ0) is 11.9.